The van der Waals surface area contributed by atoms with Crippen molar-refractivity contribution >= 4 is 12.4 Å². The number of halogens is 1. The second kappa shape index (κ2) is 8.60. The third-order valence-electron chi connectivity index (χ3n) is 3.95. The van der Waals surface area contributed by atoms with Crippen LogP contribution in [0.5, 0.6) is 0 Å². The maximum absolute atomic E-state index is 5.91. The van der Waals surface area contributed by atoms with Crippen LogP contribution in [0.3, 0.4) is 0 Å². The van der Waals surface area contributed by atoms with Crippen molar-refractivity contribution in [3.05, 3.63) is 11.7 Å². The first kappa shape index (κ1) is 17.4. The summed E-state index contributed by atoms with van der Waals surface area (Å²) >= 11 is 0. The highest BCUT2D eigenvalue weighted by Crippen LogP contribution is 2.26. The van der Waals surface area contributed by atoms with Gasteiger partial charge in [-0.25, -0.2) is 0 Å². The van der Waals surface area contributed by atoms with E-state index in [9.17, 15) is 0 Å². The molecule has 0 saturated heterocycles. The van der Waals surface area contributed by atoms with E-state index < -0.39 is 0 Å². The zero-order valence-electron chi connectivity index (χ0n) is 12.6. The van der Waals surface area contributed by atoms with Crippen molar-refractivity contribution in [3.63, 3.8) is 0 Å². The van der Waals surface area contributed by atoms with E-state index in [4.69, 9.17) is 9.26 Å². The number of nitrogens with zero attached hydrogens (tertiary/aromatic N) is 2. The van der Waals surface area contributed by atoms with Gasteiger partial charge in [0.1, 0.15) is 6.61 Å². The molecule has 0 aromatic carbocycles. The van der Waals surface area contributed by atoms with Gasteiger partial charge in [-0.3, -0.25) is 0 Å². The normalized spacial score (nSPS) is 24.1. The summed E-state index contributed by atoms with van der Waals surface area (Å²) in [5, 5.41) is 7.14. The van der Waals surface area contributed by atoms with Crippen molar-refractivity contribution in [1.29, 1.82) is 0 Å². The average molecular weight is 304 g/mol. The maximum Gasteiger partial charge on any atom is 0.252 e. The Hall–Kier alpha value is -0.650. The Bertz CT molecular complexity index is 386. The van der Waals surface area contributed by atoms with Gasteiger partial charge in [-0.15, -0.1) is 12.4 Å². The Morgan fingerprint density at radius 3 is 2.85 bits per heavy atom. The predicted octanol–water partition coefficient (Wildman–Crippen LogP) is 2.74. The second-order valence-electron chi connectivity index (χ2n) is 5.61. The fraction of sp³-hybridized carbons (Fsp3) is 0.857. The summed E-state index contributed by atoms with van der Waals surface area (Å²) in [4.78, 5) is 4.36. The Balaban J connectivity index is 0.00000200. The van der Waals surface area contributed by atoms with Gasteiger partial charge >= 0.3 is 0 Å². The number of rotatable bonds is 6. The molecule has 2 rings (SSSR count). The van der Waals surface area contributed by atoms with Crippen LogP contribution in [-0.4, -0.2) is 29.3 Å². The minimum absolute atomic E-state index is 0. The highest BCUT2D eigenvalue weighted by molar-refractivity contribution is 5.85. The number of hydrogen-bond donors (Lipinski definition) is 1. The molecule has 1 saturated carbocycles. The van der Waals surface area contributed by atoms with Crippen LogP contribution in [0.15, 0.2) is 4.52 Å². The third-order valence-corrected chi connectivity index (χ3v) is 3.95. The van der Waals surface area contributed by atoms with Crippen LogP contribution in [-0.2, 0) is 17.8 Å². The van der Waals surface area contributed by atoms with Gasteiger partial charge in [-0.05, 0) is 32.7 Å². The van der Waals surface area contributed by atoms with Gasteiger partial charge in [0.15, 0.2) is 5.82 Å². The van der Waals surface area contributed by atoms with Gasteiger partial charge in [0.05, 0.1) is 6.10 Å². The smallest absolute Gasteiger partial charge is 0.252 e. The molecule has 1 heterocycles. The molecule has 3 atom stereocenters. The molecule has 1 aliphatic rings. The van der Waals surface area contributed by atoms with E-state index in [1.165, 1.54) is 19.3 Å². The Morgan fingerprint density at radius 1 is 1.40 bits per heavy atom. The fourth-order valence-electron chi connectivity index (χ4n) is 2.52. The number of nitrogens with one attached hydrogen (secondary N) is 1. The van der Waals surface area contributed by atoms with E-state index in [1.54, 1.807) is 0 Å². The maximum atomic E-state index is 5.91. The van der Waals surface area contributed by atoms with E-state index in [-0.39, 0.29) is 12.4 Å². The van der Waals surface area contributed by atoms with Crippen LogP contribution in [0.25, 0.3) is 0 Å². The zero-order chi connectivity index (χ0) is 13.7. The van der Waals surface area contributed by atoms with E-state index >= 15 is 0 Å². The summed E-state index contributed by atoms with van der Waals surface area (Å²) in [5.41, 5.74) is 0. The van der Waals surface area contributed by atoms with Crippen molar-refractivity contribution in [2.75, 3.05) is 7.05 Å². The van der Waals surface area contributed by atoms with Gasteiger partial charge in [0, 0.05) is 12.5 Å². The van der Waals surface area contributed by atoms with Gasteiger partial charge in [0.25, 0.3) is 5.89 Å². The molecule has 1 fully saturated rings. The molecule has 20 heavy (non-hydrogen) atoms. The second-order valence-corrected chi connectivity index (χ2v) is 5.61. The lowest BCUT2D eigenvalue weighted by molar-refractivity contribution is -0.0252. The summed E-state index contributed by atoms with van der Waals surface area (Å²) in [6.07, 6.45) is 6.13. The molecule has 3 unspecified atom stereocenters. The van der Waals surface area contributed by atoms with E-state index in [0.717, 1.165) is 18.7 Å². The number of ether oxygens (including phenoxy) is 1. The summed E-state index contributed by atoms with van der Waals surface area (Å²) in [6, 6.07) is 0.352. The summed E-state index contributed by atoms with van der Waals surface area (Å²) in [5.74, 6) is 1.98. The highest BCUT2D eigenvalue weighted by atomic mass is 35.5. The monoisotopic (exact) mass is 303 g/mol. The minimum atomic E-state index is 0. The Labute approximate surface area is 127 Å². The molecule has 1 aromatic heterocycles. The first-order valence-electron chi connectivity index (χ1n) is 7.29. The number of likely N-dealkylation sites (N-methyl/N-ethyl adjacent to an activating group) is 1. The summed E-state index contributed by atoms with van der Waals surface area (Å²) in [7, 11) is 1.93. The summed E-state index contributed by atoms with van der Waals surface area (Å²) in [6.45, 7) is 4.80. The Morgan fingerprint density at radius 2 is 2.15 bits per heavy atom. The summed E-state index contributed by atoms with van der Waals surface area (Å²) < 4.78 is 11.1. The van der Waals surface area contributed by atoms with Crippen molar-refractivity contribution < 1.29 is 9.26 Å². The van der Waals surface area contributed by atoms with Crippen molar-refractivity contribution in [2.45, 2.75) is 64.7 Å². The number of hydrogen-bond acceptors (Lipinski definition) is 5. The molecule has 0 aliphatic heterocycles. The highest BCUT2D eigenvalue weighted by Gasteiger charge is 2.22. The van der Waals surface area contributed by atoms with Gasteiger partial charge in [-0.2, -0.15) is 4.98 Å². The predicted molar refractivity (Wildman–Crippen MR) is 80.0 cm³/mol. The van der Waals surface area contributed by atoms with Gasteiger partial charge < -0.3 is 14.6 Å². The van der Waals surface area contributed by atoms with Crippen LogP contribution in [0.2, 0.25) is 0 Å². The molecular formula is C14H26ClN3O2. The van der Waals surface area contributed by atoms with Crippen LogP contribution in [0, 0.1) is 5.92 Å². The van der Waals surface area contributed by atoms with E-state index in [0.29, 0.717) is 30.6 Å². The molecular weight excluding hydrogens is 278 g/mol. The van der Waals surface area contributed by atoms with Crippen molar-refractivity contribution in [3.8, 4) is 0 Å². The lowest BCUT2D eigenvalue weighted by Gasteiger charge is -2.28. The van der Waals surface area contributed by atoms with Crippen molar-refractivity contribution in [2.24, 2.45) is 5.92 Å². The molecule has 5 nitrogen and oxygen atoms in total. The van der Waals surface area contributed by atoms with E-state index in [1.807, 2.05) is 7.05 Å². The number of aromatic nitrogens is 2. The fourth-order valence-corrected chi connectivity index (χ4v) is 2.52. The van der Waals surface area contributed by atoms with E-state index in [2.05, 4.69) is 29.3 Å². The van der Waals surface area contributed by atoms with Crippen molar-refractivity contribution in [1.82, 2.24) is 15.5 Å². The quantitative estimate of drug-likeness (QED) is 0.875. The molecule has 0 amide bonds. The molecule has 0 bridgehead atoms. The van der Waals surface area contributed by atoms with Crippen LogP contribution in [0.1, 0.15) is 51.2 Å². The standard InChI is InChI=1S/C14H25N3O2.ClH/c1-10-6-4-5-7-12(10)18-9-14-16-13(17-19-14)8-11(2)15-3;/h10-12,15H,4-9H2,1-3H3;1H. The first-order valence-corrected chi connectivity index (χ1v) is 7.29. The molecule has 116 valence electrons. The molecule has 1 aliphatic carbocycles. The molecule has 1 aromatic rings. The SMILES string of the molecule is CNC(C)Cc1noc(COC2CCCCC2C)n1.Cl. The zero-order valence-corrected chi connectivity index (χ0v) is 13.4. The lowest BCUT2D eigenvalue weighted by atomic mass is 9.88. The first-order chi connectivity index (χ1) is 9.19. The third kappa shape index (κ3) is 5.04. The molecule has 0 spiro atoms. The van der Waals surface area contributed by atoms with Gasteiger partial charge in [0.2, 0.25) is 0 Å². The molecule has 0 radical (unpaired) electrons. The molecule has 6 heteroatoms. The lowest BCUT2D eigenvalue weighted by Crippen LogP contribution is -2.25. The average Bonchev–Trinajstić information content (AvgIpc) is 2.85. The molecule has 1 N–H and O–H groups in total. The largest absolute Gasteiger partial charge is 0.368 e. The van der Waals surface area contributed by atoms with Crippen LogP contribution in [0.4, 0.5) is 0 Å². The topological polar surface area (TPSA) is 60.2 Å². The van der Waals surface area contributed by atoms with Crippen LogP contribution >= 0.6 is 12.4 Å². The minimum Gasteiger partial charge on any atom is -0.368 e. The van der Waals surface area contributed by atoms with Crippen LogP contribution < -0.4 is 5.32 Å². The Kier molecular flexibility index (Phi) is 7.48. The van der Waals surface area contributed by atoms with Gasteiger partial charge in [-0.1, -0.05) is 24.9 Å².